The third kappa shape index (κ3) is 4.31. The number of fused-ring (bicyclic) bond motifs is 1. The minimum atomic E-state index is -0.493. The molecule has 1 aromatic carbocycles. The first-order valence-corrected chi connectivity index (χ1v) is 11.5. The topological polar surface area (TPSA) is 78.0 Å². The number of nitrogens with zero attached hydrogens (tertiary/aromatic N) is 6. The standard InChI is InChI=1S/C24H26ClFN6O/c1-4-17-14-32(23-22-19(10-11-21(25)28-22)30(3)24(33)29-23)18(5-2)13-31(17)20(12-27)15-6-8-16(26)9-7-15/h6-11,17-18,20H,4-5,13-14H2,1-3H3/t17?,18?,20-/m1/s1. The van der Waals surface area contributed by atoms with E-state index in [1.54, 1.807) is 31.3 Å². The predicted octanol–water partition coefficient (Wildman–Crippen LogP) is 4.07. The Balaban J connectivity index is 1.76. The van der Waals surface area contributed by atoms with Crippen LogP contribution in [-0.2, 0) is 7.05 Å². The number of nitriles is 1. The maximum absolute atomic E-state index is 13.5. The van der Waals surface area contributed by atoms with Crippen molar-refractivity contribution in [2.75, 3.05) is 18.0 Å². The van der Waals surface area contributed by atoms with E-state index < -0.39 is 6.04 Å². The van der Waals surface area contributed by atoms with Crippen LogP contribution in [0.3, 0.4) is 0 Å². The second-order valence-electron chi connectivity index (χ2n) is 8.34. The molecule has 33 heavy (non-hydrogen) atoms. The molecule has 2 unspecified atom stereocenters. The van der Waals surface area contributed by atoms with Crippen LogP contribution in [0.2, 0.25) is 5.15 Å². The van der Waals surface area contributed by atoms with Crippen LogP contribution in [0, 0.1) is 17.1 Å². The first kappa shape index (κ1) is 23.1. The van der Waals surface area contributed by atoms with E-state index in [0.29, 0.717) is 35.1 Å². The first-order valence-electron chi connectivity index (χ1n) is 11.1. The van der Waals surface area contributed by atoms with Crippen LogP contribution in [-0.4, -0.2) is 44.6 Å². The number of pyridine rings is 1. The highest BCUT2D eigenvalue weighted by Gasteiger charge is 2.38. The molecule has 0 saturated carbocycles. The molecule has 1 saturated heterocycles. The van der Waals surface area contributed by atoms with E-state index >= 15 is 0 Å². The minimum absolute atomic E-state index is 0.00712. The number of anilines is 1. The summed E-state index contributed by atoms with van der Waals surface area (Å²) in [5, 5.41) is 10.4. The summed E-state index contributed by atoms with van der Waals surface area (Å²) < 4.78 is 14.9. The monoisotopic (exact) mass is 468 g/mol. The molecular formula is C24H26ClFN6O. The van der Waals surface area contributed by atoms with Gasteiger partial charge >= 0.3 is 5.69 Å². The number of piperazine rings is 1. The number of halogens is 2. The molecule has 0 amide bonds. The number of benzene rings is 1. The van der Waals surface area contributed by atoms with Gasteiger partial charge in [0.1, 0.15) is 22.5 Å². The quantitative estimate of drug-likeness (QED) is 0.525. The Morgan fingerprint density at radius 3 is 2.45 bits per heavy atom. The highest BCUT2D eigenvalue weighted by Crippen LogP contribution is 2.33. The van der Waals surface area contributed by atoms with Crippen LogP contribution in [0.25, 0.3) is 11.0 Å². The van der Waals surface area contributed by atoms with Crippen LogP contribution in [0.5, 0.6) is 0 Å². The Morgan fingerprint density at radius 1 is 1.12 bits per heavy atom. The summed E-state index contributed by atoms with van der Waals surface area (Å²) in [6, 6.07) is 11.5. The summed E-state index contributed by atoms with van der Waals surface area (Å²) in [4.78, 5) is 25.8. The molecule has 1 aliphatic rings. The second-order valence-corrected chi connectivity index (χ2v) is 8.72. The lowest BCUT2D eigenvalue weighted by atomic mass is 9.97. The average molecular weight is 469 g/mol. The second kappa shape index (κ2) is 9.46. The summed E-state index contributed by atoms with van der Waals surface area (Å²) in [5.41, 5.74) is 1.67. The zero-order valence-corrected chi connectivity index (χ0v) is 19.6. The molecule has 7 nitrogen and oxygen atoms in total. The zero-order valence-electron chi connectivity index (χ0n) is 18.9. The summed E-state index contributed by atoms with van der Waals surface area (Å²) in [5.74, 6) is 0.198. The molecule has 3 heterocycles. The number of hydrogen-bond acceptors (Lipinski definition) is 6. The Morgan fingerprint density at radius 2 is 1.82 bits per heavy atom. The van der Waals surface area contributed by atoms with Crippen LogP contribution < -0.4 is 10.6 Å². The lowest BCUT2D eigenvalue weighted by Gasteiger charge is -2.48. The van der Waals surface area contributed by atoms with Gasteiger partial charge in [-0.2, -0.15) is 10.2 Å². The summed E-state index contributed by atoms with van der Waals surface area (Å²) in [6.07, 6.45) is 1.58. The van der Waals surface area contributed by atoms with Crippen molar-refractivity contribution in [3.63, 3.8) is 0 Å². The van der Waals surface area contributed by atoms with Crippen molar-refractivity contribution in [2.24, 2.45) is 7.05 Å². The smallest absolute Gasteiger partial charge is 0.349 e. The largest absolute Gasteiger partial charge is 0.349 e. The van der Waals surface area contributed by atoms with Crippen molar-refractivity contribution in [3.8, 4) is 6.07 Å². The molecular weight excluding hydrogens is 443 g/mol. The SMILES string of the molecule is CCC1CN([C@H](C#N)c2ccc(F)cc2)C(CC)CN1c1nc(=O)n(C)c2ccc(Cl)nc12. The minimum Gasteiger partial charge on any atom is -0.349 e. The maximum atomic E-state index is 13.5. The molecule has 1 aliphatic heterocycles. The van der Waals surface area contributed by atoms with E-state index in [1.165, 1.54) is 16.7 Å². The normalized spacial score (nSPS) is 20.1. The van der Waals surface area contributed by atoms with Gasteiger partial charge in [-0.3, -0.25) is 9.47 Å². The van der Waals surface area contributed by atoms with Gasteiger partial charge in [-0.1, -0.05) is 37.6 Å². The molecule has 3 aromatic rings. The maximum Gasteiger partial charge on any atom is 0.349 e. The molecule has 0 radical (unpaired) electrons. The van der Waals surface area contributed by atoms with Gasteiger partial charge in [-0.15, -0.1) is 0 Å². The lowest BCUT2D eigenvalue weighted by Crippen LogP contribution is -2.59. The van der Waals surface area contributed by atoms with Crippen molar-refractivity contribution in [1.82, 2.24) is 19.4 Å². The summed E-state index contributed by atoms with van der Waals surface area (Å²) in [7, 11) is 1.67. The van der Waals surface area contributed by atoms with Gasteiger partial charge in [0.25, 0.3) is 0 Å². The Labute approximate surface area is 197 Å². The first-order chi connectivity index (χ1) is 15.9. The molecule has 0 bridgehead atoms. The van der Waals surface area contributed by atoms with Crippen molar-refractivity contribution < 1.29 is 4.39 Å². The molecule has 2 aromatic heterocycles. The van der Waals surface area contributed by atoms with Crippen molar-refractivity contribution >= 4 is 28.5 Å². The van der Waals surface area contributed by atoms with Gasteiger partial charge < -0.3 is 4.90 Å². The van der Waals surface area contributed by atoms with Gasteiger partial charge in [0.2, 0.25) is 0 Å². The van der Waals surface area contributed by atoms with Crippen molar-refractivity contribution in [3.05, 3.63) is 63.4 Å². The van der Waals surface area contributed by atoms with Gasteiger partial charge in [0.15, 0.2) is 5.82 Å². The fourth-order valence-electron chi connectivity index (χ4n) is 4.63. The predicted molar refractivity (Wildman–Crippen MR) is 127 cm³/mol. The van der Waals surface area contributed by atoms with Crippen LogP contribution in [0.15, 0.2) is 41.2 Å². The van der Waals surface area contributed by atoms with Gasteiger partial charge in [-0.25, -0.2) is 14.2 Å². The molecule has 0 N–H and O–H groups in total. The van der Waals surface area contributed by atoms with E-state index in [0.717, 1.165) is 18.4 Å². The Kier molecular flexibility index (Phi) is 6.63. The van der Waals surface area contributed by atoms with E-state index in [2.05, 4.69) is 39.7 Å². The number of aromatic nitrogens is 3. The molecule has 172 valence electrons. The van der Waals surface area contributed by atoms with Crippen LogP contribution in [0.1, 0.15) is 38.3 Å². The molecule has 0 aliphatic carbocycles. The van der Waals surface area contributed by atoms with E-state index in [1.807, 2.05) is 0 Å². The average Bonchev–Trinajstić information content (AvgIpc) is 2.82. The highest BCUT2D eigenvalue weighted by molar-refractivity contribution is 6.29. The van der Waals surface area contributed by atoms with Crippen molar-refractivity contribution in [1.29, 1.82) is 5.26 Å². The Hall–Kier alpha value is -3.02. The van der Waals surface area contributed by atoms with Gasteiger partial charge in [0, 0.05) is 32.2 Å². The van der Waals surface area contributed by atoms with Gasteiger partial charge in [-0.05, 0) is 42.7 Å². The highest BCUT2D eigenvalue weighted by atomic mass is 35.5. The van der Waals surface area contributed by atoms with Crippen molar-refractivity contribution in [2.45, 2.75) is 44.8 Å². The Bertz CT molecular complexity index is 1250. The fraction of sp³-hybridized carbons (Fsp3) is 0.417. The van der Waals surface area contributed by atoms with Gasteiger partial charge in [0.05, 0.1) is 11.6 Å². The fourth-order valence-corrected chi connectivity index (χ4v) is 4.78. The van der Waals surface area contributed by atoms with E-state index in [4.69, 9.17) is 11.6 Å². The third-order valence-electron chi connectivity index (χ3n) is 6.49. The van der Waals surface area contributed by atoms with Crippen LogP contribution in [0.4, 0.5) is 10.2 Å². The number of aryl methyl sites for hydroxylation is 1. The molecule has 9 heteroatoms. The summed E-state index contributed by atoms with van der Waals surface area (Å²) in [6.45, 7) is 5.33. The van der Waals surface area contributed by atoms with Crippen LogP contribution >= 0.6 is 11.6 Å². The van der Waals surface area contributed by atoms with E-state index in [-0.39, 0.29) is 23.6 Å². The molecule has 4 rings (SSSR count). The molecule has 1 fully saturated rings. The number of rotatable bonds is 5. The third-order valence-corrected chi connectivity index (χ3v) is 6.71. The molecule has 3 atom stereocenters. The zero-order chi connectivity index (χ0) is 23.7. The van der Waals surface area contributed by atoms with E-state index in [9.17, 15) is 14.4 Å². The molecule has 0 spiro atoms. The lowest BCUT2D eigenvalue weighted by molar-refractivity contribution is 0.117. The number of hydrogen-bond donors (Lipinski definition) is 0. The summed E-state index contributed by atoms with van der Waals surface area (Å²) >= 11 is 6.19.